The number of rotatable bonds is 4. The summed E-state index contributed by atoms with van der Waals surface area (Å²) < 4.78 is 1.51. The zero-order valence-electron chi connectivity index (χ0n) is 7.55. The second kappa shape index (κ2) is 4.39. The number of hydrogen-bond acceptors (Lipinski definition) is 4. The minimum atomic E-state index is -0.577. The van der Waals surface area contributed by atoms with Crippen LogP contribution in [0.2, 0.25) is 0 Å². The van der Waals surface area contributed by atoms with Gasteiger partial charge in [-0.05, 0) is 9.91 Å². The first kappa shape index (κ1) is 10.9. The maximum absolute atomic E-state index is 10.4. The van der Waals surface area contributed by atoms with Crippen molar-refractivity contribution in [1.82, 2.24) is 9.55 Å². The van der Waals surface area contributed by atoms with Crippen LogP contribution in [0.15, 0.2) is 6.20 Å². The van der Waals surface area contributed by atoms with Gasteiger partial charge in [0.2, 0.25) is 5.82 Å². The smallest absolute Gasteiger partial charge is 0.381 e. The van der Waals surface area contributed by atoms with Gasteiger partial charge in [-0.25, -0.2) is 0 Å². The highest BCUT2D eigenvalue weighted by molar-refractivity contribution is 6.18. The Morgan fingerprint density at radius 3 is 2.86 bits per heavy atom. The molecule has 1 unspecified atom stereocenters. The van der Waals surface area contributed by atoms with Crippen LogP contribution in [0.1, 0.15) is 11.9 Å². The molecule has 0 saturated carbocycles. The van der Waals surface area contributed by atoms with Gasteiger partial charge in [0.25, 0.3) is 0 Å². The van der Waals surface area contributed by atoms with E-state index in [1.54, 1.807) is 6.92 Å². The first-order valence-corrected chi connectivity index (χ1v) is 4.50. The Bertz CT molecular complexity index is 335. The van der Waals surface area contributed by atoms with Gasteiger partial charge in [-0.15, -0.1) is 11.6 Å². The molecule has 1 aromatic rings. The topological polar surface area (TPSA) is 81.2 Å². The van der Waals surface area contributed by atoms with Crippen LogP contribution in [0.5, 0.6) is 0 Å². The van der Waals surface area contributed by atoms with Crippen molar-refractivity contribution in [3.8, 4) is 0 Å². The lowest BCUT2D eigenvalue weighted by Crippen LogP contribution is -2.15. The fourth-order valence-corrected chi connectivity index (χ4v) is 1.39. The molecule has 0 aromatic carbocycles. The van der Waals surface area contributed by atoms with Gasteiger partial charge in [-0.1, -0.05) is 0 Å². The van der Waals surface area contributed by atoms with E-state index >= 15 is 0 Å². The van der Waals surface area contributed by atoms with E-state index in [1.165, 1.54) is 10.8 Å². The Morgan fingerprint density at radius 1 is 1.86 bits per heavy atom. The fourth-order valence-electron chi connectivity index (χ4n) is 1.14. The summed E-state index contributed by atoms with van der Waals surface area (Å²) in [6.07, 6.45) is 1.28. The monoisotopic (exact) mass is 219 g/mol. The second-order valence-corrected chi connectivity index (χ2v) is 3.11. The van der Waals surface area contributed by atoms with Crippen molar-refractivity contribution in [1.29, 1.82) is 0 Å². The molecule has 6 nitrogen and oxygen atoms in total. The molecule has 1 rings (SSSR count). The molecule has 78 valence electrons. The highest BCUT2D eigenvalue weighted by Crippen LogP contribution is 2.16. The molecule has 0 bridgehead atoms. The normalized spacial score (nSPS) is 12.8. The van der Waals surface area contributed by atoms with Gasteiger partial charge < -0.3 is 19.8 Å². The number of aryl methyl sites for hydroxylation is 1. The van der Waals surface area contributed by atoms with Gasteiger partial charge in [0.05, 0.1) is 12.6 Å². The summed E-state index contributed by atoms with van der Waals surface area (Å²) in [5.74, 6) is 0.424. The zero-order valence-corrected chi connectivity index (χ0v) is 8.31. The Hall–Kier alpha value is -1.14. The lowest BCUT2D eigenvalue weighted by Gasteiger charge is -2.11. The standard InChI is InChI=1S/C7H10ClN3O3/c1-5-9-7(11(13)14)3-10(5)6(2-8)4-12/h3,6,12H,2,4H2,1H3. The van der Waals surface area contributed by atoms with E-state index in [4.69, 9.17) is 16.7 Å². The number of hydrogen-bond donors (Lipinski definition) is 1. The molecule has 0 aliphatic rings. The third-order valence-corrected chi connectivity index (χ3v) is 2.23. The van der Waals surface area contributed by atoms with Crippen molar-refractivity contribution < 1.29 is 10.0 Å². The number of halogens is 1. The third kappa shape index (κ3) is 2.02. The van der Waals surface area contributed by atoms with Crippen molar-refractivity contribution >= 4 is 17.4 Å². The number of imidazole rings is 1. The Kier molecular flexibility index (Phi) is 3.43. The molecule has 1 aromatic heterocycles. The summed E-state index contributed by atoms with van der Waals surface area (Å²) in [6.45, 7) is 1.46. The molecule has 7 heteroatoms. The fraction of sp³-hybridized carbons (Fsp3) is 0.571. The molecule has 0 aliphatic heterocycles. The summed E-state index contributed by atoms with van der Waals surface area (Å²) in [6, 6.07) is -0.363. The molecule has 0 spiro atoms. The first-order valence-electron chi connectivity index (χ1n) is 3.96. The quantitative estimate of drug-likeness (QED) is 0.463. The SMILES string of the molecule is Cc1nc([N+](=O)[O-])cn1C(CO)CCl. The van der Waals surface area contributed by atoms with Crippen LogP contribution in [0, 0.1) is 17.0 Å². The Balaban J connectivity index is 3.02. The number of alkyl halides is 1. The maximum Gasteiger partial charge on any atom is 0.381 e. The lowest BCUT2D eigenvalue weighted by atomic mass is 10.3. The van der Waals surface area contributed by atoms with Gasteiger partial charge in [-0.3, -0.25) is 0 Å². The molecule has 1 heterocycles. The second-order valence-electron chi connectivity index (χ2n) is 2.80. The highest BCUT2D eigenvalue weighted by Gasteiger charge is 2.19. The molecular formula is C7H10ClN3O3. The van der Waals surface area contributed by atoms with Gasteiger partial charge in [0.15, 0.2) is 0 Å². The van der Waals surface area contributed by atoms with Crippen LogP contribution >= 0.6 is 11.6 Å². The molecule has 0 saturated heterocycles. The van der Waals surface area contributed by atoms with E-state index in [0.29, 0.717) is 5.82 Å². The molecular weight excluding hydrogens is 210 g/mol. The minimum absolute atomic E-state index is 0.169. The average Bonchev–Trinajstić information content (AvgIpc) is 2.51. The predicted molar refractivity (Wildman–Crippen MR) is 50.5 cm³/mol. The summed E-state index contributed by atoms with van der Waals surface area (Å²) in [5.41, 5.74) is 0. The molecule has 0 amide bonds. The van der Waals surface area contributed by atoms with Crippen LogP contribution in [-0.4, -0.2) is 32.1 Å². The van der Waals surface area contributed by atoms with Gasteiger partial charge in [0, 0.05) is 12.8 Å². The Morgan fingerprint density at radius 2 is 2.50 bits per heavy atom. The van der Waals surface area contributed by atoms with E-state index in [-0.39, 0.29) is 24.3 Å². The van der Waals surface area contributed by atoms with Crippen molar-refractivity contribution in [2.24, 2.45) is 0 Å². The van der Waals surface area contributed by atoms with E-state index in [2.05, 4.69) is 4.98 Å². The van der Waals surface area contributed by atoms with Gasteiger partial charge >= 0.3 is 5.82 Å². The molecule has 0 radical (unpaired) electrons. The van der Waals surface area contributed by atoms with Crippen LogP contribution in [0.4, 0.5) is 5.82 Å². The van der Waals surface area contributed by atoms with Crippen LogP contribution in [0.3, 0.4) is 0 Å². The minimum Gasteiger partial charge on any atom is -0.394 e. The first-order chi connectivity index (χ1) is 6.60. The molecule has 0 fully saturated rings. The maximum atomic E-state index is 10.4. The summed E-state index contributed by atoms with van der Waals surface area (Å²) in [5, 5.41) is 19.3. The van der Waals surface area contributed by atoms with Crippen LogP contribution in [0.25, 0.3) is 0 Å². The highest BCUT2D eigenvalue weighted by atomic mass is 35.5. The number of nitrogens with zero attached hydrogens (tertiary/aromatic N) is 3. The molecule has 1 atom stereocenters. The lowest BCUT2D eigenvalue weighted by molar-refractivity contribution is -0.389. The zero-order chi connectivity index (χ0) is 10.7. The number of nitro groups is 1. The van der Waals surface area contributed by atoms with Gasteiger partial charge in [-0.2, -0.15) is 0 Å². The molecule has 1 N–H and O–H groups in total. The van der Waals surface area contributed by atoms with E-state index in [9.17, 15) is 10.1 Å². The average molecular weight is 220 g/mol. The summed E-state index contributed by atoms with van der Waals surface area (Å²) >= 11 is 5.58. The summed E-state index contributed by atoms with van der Waals surface area (Å²) in [4.78, 5) is 13.5. The van der Waals surface area contributed by atoms with Crippen molar-refractivity contribution in [2.45, 2.75) is 13.0 Å². The summed E-state index contributed by atoms with van der Waals surface area (Å²) in [7, 11) is 0. The van der Waals surface area contributed by atoms with E-state index in [1.807, 2.05) is 0 Å². The van der Waals surface area contributed by atoms with Gasteiger partial charge in [0.1, 0.15) is 6.20 Å². The number of aliphatic hydroxyl groups excluding tert-OH is 1. The largest absolute Gasteiger partial charge is 0.394 e. The molecule has 0 aliphatic carbocycles. The van der Waals surface area contributed by atoms with E-state index in [0.717, 1.165) is 0 Å². The van der Waals surface area contributed by atoms with Crippen molar-refractivity contribution in [2.75, 3.05) is 12.5 Å². The Labute approximate surface area is 85.3 Å². The van der Waals surface area contributed by atoms with Crippen molar-refractivity contribution in [3.63, 3.8) is 0 Å². The predicted octanol–water partition coefficient (Wildman–Crippen LogP) is 0.872. The van der Waals surface area contributed by atoms with Crippen LogP contribution < -0.4 is 0 Å². The van der Waals surface area contributed by atoms with Crippen molar-refractivity contribution in [3.05, 3.63) is 22.1 Å². The molecule has 14 heavy (non-hydrogen) atoms. The van der Waals surface area contributed by atoms with E-state index < -0.39 is 4.92 Å². The third-order valence-electron chi connectivity index (χ3n) is 1.87. The number of aliphatic hydroxyl groups is 1. The van der Waals surface area contributed by atoms with Crippen LogP contribution in [-0.2, 0) is 0 Å². The number of aromatic nitrogens is 2.